The van der Waals surface area contributed by atoms with Crippen LogP contribution < -0.4 is 0 Å². The van der Waals surface area contributed by atoms with E-state index in [4.69, 9.17) is 11.6 Å². The first kappa shape index (κ1) is 17.6. The minimum Gasteiger partial charge on any atom is -0.772 e. The average Bonchev–Trinajstić information content (AvgIpc) is 2.34. The Morgan fingerprint density at radius 1 is 1.41 bits per heavy atom. The summed E-state index contributed by atoms with van der Waals surface area (Å²) in [6, 6.07) is 2.73. The highest BCUT2D eigenvalue weighted by Crippen LogP contribution is 2.48. The van der Waals surface area contributed by atoms with Gasteiger partial charge in [-0.3, -0.25) is 9.00 Å². The lowest BCUT2D eigenvalue weighted by Gasteiger charge is -2.45. The summed E-state index contributed by atoms with van der Waals surface area (Å²) in [7, 11) is -3.69. The third-order valence-electron chi connectivity index (χ3n) is 4.17. The maximum atomic E-state index is 12.1. The summed E-state index contributed by atoms with van der Waals surface area (Å²) in [6.45, 7) is 1.80. The highest BCUT2D eigenvalue weighted by molar-refractivity contribution is 7.90. The Morgan fingerprint density at radius 3 is 2.32 bits per heavy atom. The number of hydrogen-bond acceptors (Lipinski definition) is 5. The van der Waals surface area contributed by atoms with Gasteiger partial charge >= 0.3 is 0 Å². The number of rotatable bonds is 5. The van der Waals surface area contributed by atoms with Crippen LogP contribution in [0.4, 0.5) is 0 Å². The number of hydrogen-bond donors (Lipinski definition) is 0. The quantitative estimate of drug-likeness (QED) is 0.591. The van der Waals surface area contributed by atoms with Gasteiger partial charge in [0.05, 0.1) is 9.64 Å². The van der Waals surface area contributed by atoms with E-state index in [-0.39, 0.29) is 16.0 Å². The van der Waals surface area contributed by atoms with Crippen LogP contribution in [0.3, 0.4) is 0 Å². The molecule has 1 aliphatic rings. The van der Waals surface area contributed by atoms with Crippen LogP contribution in [-0.2, 0) is 32.1 Å². The van der Waals surface area contributed by atoms with Gasteiger partial charge in [-0.05, 0) is 65.6 Å². The first-order chi connectivity index (χ1) is 10.1. The second-order valence-corrected chi connectivity index (χ2v) is 9.07. The van der Waals surface area contributed by atoms with Gasteiger partial charge in [-0.2, -0.15) is 0 Å². The van der Waals surface area contributed by atoms with Crippen molar-refractivity contribution in [2.75, 3.05) is 6.26 Å². The van der Waals surface area contributed by atoms with E-state index < -0.39 is 30.9 Å². The fraction of sp³-hybridized carbons (Fsp3) is 0.500. The molecule has 22 heavy (non-hydrogen) atoms. The molecule has 0 heterocycles. The molecule has 0 N–H and O–H groups in total. The van der Waals surface area contributed by atoms with E-state index in [0.29, 0.717) is 24.8 Å². The molecule has 0 bridgehead atoms. The van der Waals surface area contributed by atoms with Crippen molar-refractivity contribution in [1.82, 2.24) is 0 Å². The molecule has 0 spiro atoms. The van der Waals surface area contributed by atoms with Gasteiger partial charge in [-0.15, -0.1) is 0 Å². The second kappa shape index (κ2) is 6.03. The standard InChI is InChI=1S/C14H17ClO5S2/c1-3-9-7-11(14(21(17)18)5-4-6-14)12(22(2,19)20)8-10(9)13(15)16/h7-8H,3-6H2,1-2H3,(H,17,18)/p-1. The van der Waals surface area contributed by atoms with Crippen molar-refractivity contribution < 1.29 is 22.0 Å². The summed E-state index contributed by atoms with van der Waals surface area (Å²) in [4.78, 5) is 11.4. The molecule has 0 aromatic heterocycles. The maximum Gasteiger partial charge on any atom is 0.252 e. The molecular formula is C14H16ClO5S2-. The Hall–Kier alpha value is -0.760. The Morgan fingerprint density at radius 2 is 2.00 bits per heavy atom. The zero-order valence-electron chi connectivity index (χ0n) is 12.2. The van der Waals surface area contributed by atoms with Gasteiger partial charge in [0.25, 0.3) is 5.24 Å². The maximum absolute atomic E-state index is 12.1. The van der Waals surface area contributed by atoms with Crippen molar-refractivity contribution in [3.63, 3.8) is 0 Å². The lowest BCUT2D eigenvalue weighted by atomic mass is 9.78. The number of sulfone groups is 1. The van der Waals surface area contributed by atoms with Gasteiger partial charge in [-0.1, -0.05) is 13.0 Å². The molecule has 1 saturated carbocycles. The van der Waals surface area contributed by atoms with Crippen molar-refractivity contribution >= 4 is 37.8 Å². The molecule has 1 aliphatic carbocycles. The molecule has 1 aromatic carbocycles. The van der Waals surface area contributed by atoms with Gasteiger partial charge in [0.1, 0.15) is 0 Å². The van der Waals surface area contributed by atoms with E-state index in [1.54, 1.807) is 6.92 Å². The van der Waals surface area contributed by atoms with Crippen molar-refractivity contribution in [2.45, 2.75) is 42.2 Å². The third-order valence-corrected chi connectivity index (χ3v) is 6.78. The summed E-state index contributed by atoms with van der Waals surface area (Å²) in [5.74, 6) is 0. The van der Waals surface area contributed by atoms with Crippen molar-refractivity contribution in [3.8, 4) is 0 Å². The smallest absolute Gasteiger partial charge is 0.252 e. The zero-order chi connectivity index (χ0) is 16.7. The molecule has 0 saturated heterocycles. The van der Waals surface area contributed by atoms with E-state index in [2.05, 4.69) is 0 Å². The summed E-state index contributed by atoms with van der Waals surface area (Å²) in [5.41, 5.74) is 0.923. The minimum atomic E-state index is -3.69. The van der Waals surface area contributed by atoms with Crippen LogP contribution in [-0.4, -0.2) is 28.7 Å². The normalized spacial score (nSPS) is 18.5. The molecule has 1 fully saturated rings. The van der Waals surface area contributed by atoms with Crippen LogP contribution in [0.15, 0.2) is 17.0 Å². The predicted molar refractivity (Wildman–Crippen MR) is 83.6 cm³/mol. The van der Waals surface area contributed by atoms with Crippen molar-refractivity contribution in [3.05, 3.63) is 28.8 Å². The molecule has 1 atom stereocenters. The molecule has 2 rings (SSSR count). The van der Waals surface area contributed by atoms with E-state index in [9.17, 15) is 22.0 Å². The van der Waals surface area contributed by atoms with Gasteiger partial charge in [-0.25, -0.2) is 8.42 Å². The van der Waals surface area contributed by atoms with Gasteiger partial charge in [0.2, 0.25) is 0 Å². The van der Waals surface area contributed by atoms with Crippen LogP contribution in [0.2, 0.25) is 0 Å². The van der Waals surface area contributed by atoms with Crippen molar-refractivity contribution in [1.29, 1.82) is 0 Å². The molecule has 0 radical (unpaired) electrons. The third kappa shape index (κ3) is 2.87. The Kier molecular flexibility index (Phi) is 4.82. The van der Waals surface area contributed by atoms with Crippen LogP contribution in [0.1, 0.15) is 47.7 Å². The molecule has 0 amide bonds. The largest absolute Gasteiger partial charge is 0.772 e. The monoisotopic (exact) mass is 363 g/mol. The van der Waals surface area contributed by atoms with Gasteiger partial charge < -0.3 is 4.55 Å². The Labute approximate surface area is 137 Å². The molecule has 0 aliphatic heterocycles. The van der Waals surface area contributed by atoms with E-state index in [0.717, 1.165) is 12.7 Å². The van der Waals surface area contributed by atoms with Crippen LogP contribution >= 0.6 is 11.6 Å². The number of aryl methyl sites for hydroxylation is 1. The lowest BCUT2D eigenvalue weighted by molar-refractivity contribution is 0.108. The van der Waals surface area contributed by atoms with Crippen LogP contribution in [0, 0.1) is 0 Å². The summed E-state index contributed by atoms with van der Waals surface area (Å²) >= 11 is 3.09. The topological polar surface area (TPSA) is 91.3 Å². The fourth-order valence-electron chi connectivity index (χ4n) is 2.79. The summed E-state index contributed by atoms with van der Waals surface area (Å²) in [5, 5.41) is -0.751. The highest BCUT2D eigenvalue weighted by Gasteiger charge is 2.43. The van der Waals surface area contributed by atoms with Gasteiger partial charge in [0, 0.05) is 11.8 Å². The number of carbonyl (C=O) groups excluding carboxylic acids is 1. The van der Waals surface area contributed by atoms with E-state index in [1.165, 1.54) is 12.1 Å². The minimum absolute atomic E-state index is 0.111. The Bertz CT molecular complexity index is 751. The van der Waals surface area contributed by atoms with Gasteiger partial charge in [0.15, 0.2) is 9.84 Å². The number of benzene rings is 1. The highest BCUT2D eigenvalue weighted by atomic mass is 35.5. The molecular weight excluding hydrogens is 348 g/mol. The first-order valence-corrected chi connectivity index (χ1v) is 10.1. The number of carbonyl (C=O) groups is 1. The molecule has 1 aromatic rings. The second-order valence-electron chi connectivity index (χ2n) is 5.49. The summed E-state index contributed by atoms with van der Waals surface area (Å²) < 4.78 is 46.4. The first-order valence-electron chi connectivity index (χ1n) is 6.80. The lowest BCUT2D eigenvalue weighted by Crippen LogP contribution is -2.40. The van der Waals surface area contributed by atoms with E-state index >= 15 is 0 Å². The molecule has 122 valence electrons. The number of halogens is 1. The van der Waals surface area contributed by atoms with Crippen LogP contribution in [0.5, 0.6) is 0 Å². The SMILES string of the molecule is CCc1cc(C2(S(=O)[O-])CCC2)c(S(C)(=O)=O)cc1C(=O)Cl. The van der Waals surface area contributed by atoms with Crippen molar-refractivity contribution in [2.24, 2.45) is 0 Å². The van der Waals surface area contributed by atoms with E-state index in [1.807, 2.05) is 0 Å². The fourth-order valence-corrected chi connectivity index (χ4v) is 4.98. The predicted octanol–water partition coefficient (Wildman–Crippen LogP) is 2.29. The average molecular weight is 364 g/mol. The Balaban J connectivity index is 2.83. The zero-order valence-corrected chi connectivity index (χ0v) is 14.6. The molecule has 8 heteroatoms. The summed E-state index contributed by atoms with van der Waals surface area (Å²) in [6.07, 6.45) is 2.92. The van der Waals surface area contributed by atoms with Crippen LogP contribution in [0.25, 0.3) is 0 Å². The molecule has 5 nitrogen and oxygen atoms in total. The molecule has 1 unspecified atom stereocenters.